The summed E-state index contributed by atoms with van der Waals surface area (Å²) in [6.45, 7) is 0.0992. The fraction of sp³-hybridized carbons (Fsp3) is 0.600. The third-order valence-corrected chi connectivity index (χ3v) is 0.833. The zero-order valence-corrected chi connectivity index (χ0v) is 5.59. The summed E-state index contributed by atoms with van der Waals surface area (Å²) in [6.07, 6.45) is -1.06. The van der Waals surface area contributed by atoms with E-state index in [0.717, 1.165) is 0 Å². The van der Waals surface area contributed by atoms with Gasteiger partial charge in [-0.25, -0.2) is 4.79 Å². The number of hydrogen-bond donors (Lipinski definition) is 2. The van der Waals surface area contributed by atoms with Gasteiger partial charge in [-0.2, -0.15) is 0 Å². The van der Waals surface area contributed by atoms with E-state index in [1.54, 1.807) is 0 Å². The lowest BCUT2D eigenvalue weighted by atomic mass is 10.4. The van der Waals surface area contributed by atoms with E-state index < -0.39 is 12.1 Å². The fourth-order valence-corrected chi connectivity index (χ4v) is 0.374. The first-order valence-corrected chi connectivity index (χ1v) is 2.70. The third-order valence-electron chi connectivity index (χ3n) is 0.833. The van der Waals surface area contributed by atoms with E-state index in [0.29, 0.717) is 0 Å². The van der Waals surface area contributed by atoms with E-state index in [1.165, 1.54) is 7.11 Å². The van der Waals surface area contributed by atoms with Crippen LogP contribution < -0.4 is 5.32 Å². The summed E-state index contributed by atoms with van der Waals surface area (Å²) in [5.74, 6) is -0.422. The molecular formula is C5H9NO4. The van der Waals surface area contributed by atoms with Crippen molar-refractivity contribution in [1.29, 1.82) is 0 Å². The summed E-state index contributed by atoms with van der Waals surface area (Å²) in [5.41, 5.74) is 0. The summed E-state index contributed by atoms with van der Waals surface area (Å²) < 4.78 is 4.26. The van der Waals surface area contributed by atoms with Crippen LogP contribution in [0.4, 0.5) is 4.79 Å². The first-order chi connectivity index (χ1) is 4.66. The summed E-state index contributed by atoms with van der Waals surface area (Å²) in [7, 11) is 1.25. The number of carbonyl (C=O) groups excluding carboxylic acids is 1. The van der Waals surface area contributed by atoms with Gasteiger partial charge in [0.25, 0.3) is 0 Å². The SMILES string of the molecule is COC(=O)CCNC(=O)O. The highest BCUT2D eigenvalue weighted by atomic mass is 16.5. The second-order valence-electron chi connectivity index (χ2n) is 1.56. The van der Waals surface area contributed by atoms with Crippen molar-refractivity contribution in [3.05, 3.63) is 0 Å². The molecule has 0 atom stereocenters. The van der Waals surface area contributed by atoms with Crippen molar-refractivity contribution in [3.8, 4) is 0 Å². The van der Waals surface area contributed by atoms with Crippen molar-refractivity contribution in [2.45, 2.75) is 6.42 Å². The molecule has 0 aromatic rings. The summed E-state index contributed by atoms with van der Waals surface area (Å²) in [5, 5.41) is 10.1. The van der Waals surface area contributed by atoms with Gasteiger partial charge >= 0.3 is 12.1 Å². The Kier molecular flexibility index (Phi) is 4.02. The number of nitrogens with one attached hydrogen (secondary N) is 1. The number of hydrogen-bond acceptors (Lipinski definition) is 3. The lowest BCUT2D eigenvalue weighted by Crippen LogP contribution is -2.24. The van der Waals surface area contributed by atoms with E-state index in [-0.39, 0.29) is 13.0 Å². The van der Waals surface area contributed by atoms with Gasteiger partial charge in [0.2, 0.25) is 0 Å². The van der Waals surface area contributed by atoms with Crippen molar-refractivity contribution >= 4 is 12.1 Å². The molecule has 0 aliphatic carbocycles. The Hall–Kier alpha value is -1.26. The van der Waals surface area contributed by atoms with Crippen LogP contribution in [0.1, 0.15) is 6.42 Å². The van der Waals surface area contributed by atoms with Crippen LogP contribution in [-0.2, 0) is 9.53 Å². The Morgan fingerprint density at radius 2 is 2.20 bits per heavy atom. The lowest BCUT2D eigenvalue weighted by Gasteiger charge is -1.97. The van der Waals surface area contributed by atoms with Crippen LogP contribution >= 0.6 is 0 Å². The van der Waals surface area contributed by atoms with E-state index >= 15 is 0 Å². The minimum Gasteiger partial charge on any atom is -0.469 e. The van der Waals surface area contributed by atoms with Crippen molar-refractivity contribution in [1.82, 2.24) is 5.32 Å². The topological polar surface area (TPSA) is 75.6 Å². The molecule has 0 heterocycles. The minimum atomic E-state index is -1.14. The van der Waals surface area contributed by atoms with Gasteiger partial charge in [0.15, 0.2) is 0 Å². The highest BCUT2D eigenvalue weighted by molar-refractivity contribution is 5.70. The minimum absolute atomic E-state index is 0.0722. The Bertz CT molecular complexity index is 134. The Morgan fingerprint density at radius 1 is 1.60 bits per heavy atom. The van der Waals surface area contributed by atoms with Crippen molar-refractivity contribution in [3.63, 3.8) is 0 Å². The van der Waals surface area contributed by atoms with Gasteiger partial charge in [0, 0.05) is 6.54 Å². The molecule has 2 N–H and O–H groups in total. The molecule has 0 saturated heterocycles. The molecule has 0 unspecified atom stereocenters. The lowest BCUT2D eigenvalue weighted by molar-refractivity contribution is -0.140. The molecule has 0 aliphatic heterocycles. The molecule has 0 saturated carbocycles. The smallest absolute Gasteiger partial charge is 0.404 e. The molecule has 58 valence electrons. The molecule has 0 rings (SSSR count). The second kappa shape index (κ2) is 4.60. The van der Waals surface area contributed by atoms with Crippen LogP contribution in [0.2, 0.25) is 0 Å². The van der Waals surface area contributed by atoms with E-state index in [9.17, 15) is 9.59 Å². The van der Waals surface area contributed by atoms with Crippen molar-refractivity contribution < 1.29 is 19.4 Å². The number of rotatable bonds is 3. The van der Waals surface area contributed by atoms with E-state index in [2.05, 4.69) is 4.74 Å². The predicted octanol–water partition coefficient (Wildman–Crippen LogP) is -0.183. The third kappa shape index (κ3) is 4.89. The monoisotopic (exact) mass is 147 g/mol. The molecule has 5 heteroatoms. The molecule has 10 heavy (non-hydrogen) atoms. The van der Waals surface area contributed by atoms with E-state index in [4.69, 9.17) is 5.11 Å². The Labute approximate surface area is 58.0 Å². The summed E-state index contributed by atoms with van der Waals surface area (Å²) in [4.78, 5) is 20.1. The largest absolute Gasteiger partial charge is 0.469 e. The molecule has 0 fully saturated rings. The maximum Gasteiger partial charge on any atom is 0.404 e. The first kappa shape index (κ1) is 8.74. The van der Waals surface area contributed by atoms with Crippen LogP contribution in [0.3, 0.4) is 0 Å². The predicted molar refractivity (Wildman–Crippen MR) is 32.7 cm³/mol. The number of ether oxygens (including phenoxy) is 1. The number of amides is 1. The molecule has 0 radical (unpaired) electrons. The van der Waals surface area contributed by atoms with Crippen LogP contribution in [0.25, 0.3) is 0 Å². The van der Waals surface area contributed by atoms with Crippen LogP contribution in [0.15, 0.2) is 0 Å². The average molecular weight is 147 g/mol. The van der Waals surface area contributed by atoms with Gasteiger partial charge < -0.3 is 15.2 Å². The molecule has 0 aromatic heterocycles. The average Bonchev–Trinajstić information content (AvgIpc) is 1.87. The first-order valence-electron chi connectivity index (χ1n) is 2.70. The van der Waals surface area contributed by atoms with Gasteiger partial charge in [-0.1, -0.05) is 0 Å². The number of methoxy groups -OCH3 is 1. The van der Waals surface area contributed by atoms with Crippen LogP contribution in [0.5, 0.6) is 0 Å². The Balaban J connectivity index is 3.20. The highest BCUT2D eigenvalue weighted by Crippen LogP contribution is 1.80. The standard InChI is InChI=1S/C5H9NO4/c1-10-4(7)2-3-6-5(8)9/h6H,2-3H2,1H3,(H,8,9). The molecule has 0 aliphatic rings. The quantitative estimate of drug-likeness (QED) is 0.543. The number of esters is 1. The summed E-state index contributed by atoms with van der Waals surface area (Å²) in [6, 6.07) is 0. The highest BCUT2D eigenvalue weighted by Gasteiger charge is 1.99. The molecule has 0 spiro atoms. The zero-order chi connectivity index (χ0) is 7.98. The maximum atomic E-state index is 10.3. The number of carboxylic acid groups (broad SMARTS) is 1. The normalized spacial score (nSPS) is 8.50. The van der Waals surface area contributed by atoms with Crippen LogP contribution in [0, 0.1) is 0 Å². The van der Waals surface area contributed by atoms with Gasteiger partial charge in [0.1, 0.15) is 0 Å². The molecule has 5 nitrogen and oxygen atoms in total. The van der Waals surface area contributed by atoms with Crippen molar-refractivity contribution in [2.75, 3.05) is 13.7 Å². The van der Waals surface area contributed by atoms with Gasteiger partial charge in [-0.05, 0) is 0 Å². The second-order valence-corrected chi connectivity index (χ2v) is 1.56. The maximum absolute atomic E-state index is 10.3. The number of carbonyl (C=O) groups is 2. The van der Waals surface area contributed by atoms with Crippen molar-refractivity contribution in [2.24, 2.45) is 0 Å². The van der Waals surface area contributed by atoms with Gasteiger partial charge in [0.05, 0.1) is 13.5 Å². The molecule has 0 bridgehead atoms. The summed E-state index contributed by atoms with van der Waals surface area (Å²) >= 11 is 0. The molecule has 0 aromatic carbocycles. The van der Waals surface area contributed by atoms with Gasteiger partial charge in [-0.15, -0.1) is 0 Å². The van der Waals surface area contributed by atoms with Gasteiger partial charge in [-0.3, -0.25) is 4.79 Å². The van der Waals surface area contributed by atoms with E-state index in [1.807, 2.05) is 5.32 Å². The fourth-order valence-electron chi connectivity index (χ4n) is 0.374. The molecular weight excluding hydrogens is 138 g/mol. The van der Waals surface area contributed by atoms with Crippen LogP contribution in [-0.4, -0.2) is 30.8 Å². The molecule has 1 amide bonds. The zero-order valence-electron chi connectivity index (χ0n) is 5.59. The Morgan fingerprint density at radius 3 is 2.60 bits per heavy atom.